The predicted molar refractivity (Wildman–Crippen MR) is 88.1 cm³/mol. The molecule has 1 unspecified atom stereocenters. The molecule has 1 heterocycles. The fourth-order valence-electron chi connectivity index (χ4n) is 2.09. The normalized spacial score (nSPS) is 17.7. The maximum Gasteiger partial charge on any atom is 0.225 e. The van der Waals surface area contributed by atoms with E-state index in [0.29, 0.717) is 12.2 Å². The first-order valence-electron chi connectivity index (χ1n) is 7.25. The van der Waals surface area contributed by atoms with E-state index in [1.807, 2.05) is 11.8 Å². The van der Waals surface area contributed by atoms with Crippen LogP contribution in [0.15, 0.2) is 24.3 Å². The second-order valence-electron chi connectivity index (χ2n) is 5.07. The van der Waals surface area contributed by atoms with Crippen molar-refractivity contribution in [1.82, 2.24) is 5.32 Å². The van der Waals surface area contributed by atoms with E-state index in [1.54, 1.807) is 24.3 Å². The van der Waals surface area contributed by atoms with Crippen LogP contribution >= 0.6 is 11.8 Å². The Morgan fingerprint density at radius 1 is 1.36 bits per heavy atom. The van der Waals surface area contributed by atoms with Crippen LogP contribution in [0.25, 0.3) is 0 Å². The van der Waals surface area contributed by atoms with Crippen LogP contribution in [0.2, 0.25) is 0 Å². The zero-order chi connectivity index (χ0) is 15.8. The first-order valence-corrected chi connectivity index (χ1v) is 8.41. The Morgan fingerprint density at radius 3 is 2.77 bits per heavy atom. The number of ether oxygens (including phenoxy) is 1. The number of carbonyl (C=O) groups is 2. The molecule has 6 nitrogen and oxygen atoms in total. The number of nitrogens with two attached hydrogens (primary N) is 1. The molecular formula is C15H21N3O3S. The molecule has 7 heteroatoms. The Bertz CT molecular complexity index is 501. The number of carbonyl (C=O) groups excluding carboxylic acids is 2. The van der Waals surface area contributed by atoms with Crippen molar-refractivity contribution in [2.45, 2.75) is 18.9 Å². The Hall–Kier alpha value is -1.73. The molecule has 2 amide bonds. The number of nitrogens with one attached hydrogen (secondary N) is 2. The average molecular weight is 323 g/mol. The van der Waals surface area contributed by atoms with Gasteiger partial charge in [0.15, 0.2) is 0 Å². The number of thioether (sulfide) groups is 1. The van der Waals surface area contributed by atoms with E-state index in [1.165, 1.54) is 0 Å². The van der Waals surface area contributed by atoms with Gasteiger partial charge in [0.25, 0.3) is 0 Å². The lowest BCUT2D eigenvalue weighted by atomic mass is 10.2. The third kappa shape index (κ3) is 5.95. The second-order valence-corrected chi connectivity index (χ2v) is 6.22. The molecule has 4 N–H and O–H groups in total. The van der Waals surface area contributed by atoms with Crippen LogP contribution in [0.5, 0.6) is 5.75 Å². The minimum absolute atomic E-state index is 0.00222. The summed E-state index contributed by atoms with van der Waals surface area (Å²) in [4.78, 5) is 22.6. The van der Waals surface area contributed by atoms with Crippen LogP contribution in [-0.2, 0) is 9.59 Å². The molecule has 1 aromatic carbocycles. The molecule has 1 fully saturated rings. The number of hydrogen-bond donors (Lipinski definition) is 3. The highest BCUT2D eigenvalue weighted by Crippen LogP contribution is 2.17. The topological polar surface area (TPSA) is 93.5 Å². The van der Waals surface area contributed by atoms with Gasteiger partial charge in [-0.3, -0.25) is 9.59 Å². The van der Waals surface area contributed by atoms with Crippen LogP contribution in [0, 0.1) is 0 Å². The molecule has 1 atom stereocenters. The SMILES string of the molecule is NC(=O)CCOc1ccc(NC(=O)CC2CSCCN2)cc1. The molecule has 0 aromatic heterocycles. The van der Waals surface area contributed by atoms with E-state index < -0.39 is 5.91 Å². The number of anilines is 1. The van der Waals surface area contributed by atoms with Crippen LogP contribution in [0.4, 0.5) is 5.69 Å². The first-order chi connectivity index (χ1) is 10.6. The molecule has 1 aliphatic heterocycles. The van der Waals surface area contributed by atoms with Gasteiger partial charge in [0.05, 0.1) is 13.0 Å². The highest BCUT2D eigenvalue weighted by molar-refractivity contribution is 7.99. The molecule has 0 saturated carbocycles. The van der Waals surface area contributed by atoms with Crippen molar-refractivity contribution in [3.05, 3.63) is 24.3 Å². The third-order valence-corrected chi connectivity index (χ3v) is 4.32. The lowest BCUT2D eigenvalue weighted by Crippen LogP contribution is -2.39. The quantitative estimate of drug-likeness (QED) is 0.695. The Kier molecular flexibility index (Phi) is 6.54. The van der Waals surface area contributed by atoms with E-state index in [0.717, 1.165) is 23.7 Å². The van der Waals surface area contributed by atoms with Gasteiger partial charge in [-0.2, -0.15) is 11.8 Å². The van der Waals surface area contributed by atoms with Crippen molar-refractivity contribution < 1.29 is 14.3 Å². The van der Waals surface area contributed by atoms with Gasteiger partial charge in [-0.05, 0) is 24.3 Å². The molecule has 0 radical (unpaired) electrons. The number of amides is 2. The molecule has 1 saturated heterocycles. The van der Waals surface area contributed by atoms with Crippen molar-refractivity contribution >= 4 is 29.3 Å². The summed E-state index contributed by atoms with van der Waals surface area (Å²) in [6.45, 7) is 1.21. The molecule has 1 aromatic rings. The third-order valence-electron chi connectivity index (χ3n) is 3.19. The molecular weight excluding hydrogens is 302 g/mol. The predicted octanol–water partition coefficient (Wildman–Crippen LogP) is 0.974. The molecule has 2 rings (SSSR count). The van der Waals surface area contributed by atoms with Crippen LogP contribution in [-0.4, -0.2) is 42.5 Å². The lowest BCUT2D eigenvalue weighted by molar-refractivity contribution is -0.118. The monoisotopic (exact) mass is 323 g/mol. The molecule has 120 valence electrons. The van der Waals surface area contributed by atoms with E-state index in [4.69, 9.17) is 10.5 Å². The molecule has 1 aliphatic rings. The second kappa shape index (κ2) is 8.65. The minimum atomic E-state index is -0.390. The van der Waals surface area contributed by atoms with Gasteiger partial charge in [0.1, 0.15) is 5.75 Å². The van der Waals surface area contributed by atoms with Crippen LogP contribution in [0.1, 0.15) is 12.8 Å². The summed E-state index contributed by atoms with van der Waals surface area (Å²) in [5.74, 6) is 2.33. The van der Waals surface area contributed by atoms with Crippen LogP contribution < -0.4 is 21.1 Å². The molecule has 0 aliphatic carbocycles. The molecule has 22 heavy (non-hydrogen) atoms. The minimum Gasteiger partial charge on any atom is -0.493 e. The zero-order valence-corrected chi connectivity index (χ0v) is 13.2. The van der Waals surface area contributed by atoms with E-state index in [2.05, 4.69) is 10.6 Å². The maximum absolute atomic E-state index is 12.0. The summed E-state index contributed by atoms with van der Waals surface area (Å²) >= 11 is 1.87. The van der Waals surface area contributed by atoms with E-state index in [-0.39, 0.29) is 25.0 Å². The van der Waals surface area contributed by atoms with Gasteiger partial charge in [0, 0.05) is 36.2 Å². The molecule has 0 bridgehead atoms. The van der Waals surface area contributed by atoms with Crippen LogP contribution in [0.3, 0.4) is 0 Å². The number of primary amides is 1. The molecule has 0 spiro atoms. The Balaban J connectivity index is 1.75. The summed E-state index contributed by atoms with van der Waals surface area (Å²) < 4.78 is 5.37. The van der Waals surface area contributed by atoms with Gasteiger partial charge in [-0.1, -0.05) is 0 Å². The number of benzene rings is 1. The highest BCUT2D eigenvalue weighted by atomic mass is 32.2. The van der Waals surface area contributed by atoms with Crippen molar-refractivity contribution in [2.75, 3.05) is 30.0 Å². The lowest BCUT2D eigenvalue weighted by Gasteiger charge is -2.22. The van der Waals surface area contributed by atoms with Gasteiger partial charge < -0.3 is 21.1 Å². The fourth-order valence-corrected chi connectivity index (χ4v) is 3.04. The maximum atomic E-state index is 12.0. The van der Waals surface area contributed by atoms with Gasteiger partial charge in [0.2, 0.25) is 11.8 Å². The van der Waals surface area contributed by atoms with Crippen molar-refractivity contribution in [3.63, 3.8) is 0 Å². The zero-order valence-electron chi connectivity index (χ0n) is 12.3. The first kappa shape index (κ1) is 16.6. The summed E-state index contributed by atoms with van der Waals surface area (Å²) in [6.07, 6.45) is 0.661. The number of rotatable bonds is 7. The van der Waals surface area contributed by atoms with Gasteiger partial charge in [-0.25, -0.2) is 0 Å². The van der Waals surface area contributed by atoms with Gasteiger partial charge in [-0.15, -0.1) is 0 Å². The fraction of sp³-hybridized carbons (Fsp3) is 0.467. The van der Waals surface area contributed by atoms with Crippen molar-refractivity contribution in [3.8, 4) is 5.75 Å². The van der Waals surface area contributed by atoms with E-state index in [9.17, 15) is 9.59 Å². The number of hydrogen-bond acceptors (Lipinski definition) is 5. The summed E-state index contributed by atoms with van der Waals surface area (Å²) in [7, 11) is 0. The Morgan fingerprint density at radius 2 is 2.14 bits per heavy atom. The summed E-state index contributed by atoms with van der Waals surface area (Å²) in [6, 6.07) is 7.31. The van der Waals surface area contributed by atoms with Gasteiger partial charge >= 0.3 is 0 Å². The standard InChI is InChI=1S/C15H21N3O3S/c16-14(19)5-7-21-13-3-1-11(2-4-13)18-15(20)9-12-10-22-8-6-17-12/h1-4,12,17H,5-10H2,(H2,16,19)(H,18,20). The smallest absolute Gasteiger partial charge is 0.225 e. The summed E-state index contributed by atoms with van der Waals surface area (Å²) in [5.41, 5.74) is 5.77. The highest BCUT2D eigenvalue weighted by Gasteiger charge is 2.16. The Labute approximate surface area is 134 Å². The van der Waals surface area contributed by atoms with Crippen molar-refractivity contribution in [2.24, 2.45) is 5.73 Å². The average Bonchev–Trinajstić information content (AvgIpc) is 2.49. The largest absolute Gasteiger partial charge is 0.493 e. The van der Waals surface area contributed by atoms with E-state index >= 15 is 0 Å². The van der Waals surface area contributed by atoms with Crippen molar-refractivity contribution in [1.29, 1.82) is 0 Å². The summed E-state index contributed by atoms with van der Waals surface area (Å²) in [5, 5.41) is 6.21.